The summed E-state index contributed by atoms with van der Waals surface area (Å²) < 4.78 is 0. The molecule has 1 atom stereocenters. The van der Waals surface area contributed by atoms with Gasteiger partial charge in [0.1, 0.15) is 0 Å². The van der Waals surface area contributed by atoms with Crippen LogP contribution in [0.25, 0.3) is 10.8 Å². The van der Waals surface area contributed by atoms with Gasteiger partial charge in [0.2, 0.25) is 0 Å². The van der Waals surface area contributed by atoms with Gasteiger partial charge >= 0.3 is 0 Å². The molecular weight excluding hydrogens is 438 g/mol. The molecule has 0 N–H and O–H groups in total. The van der Waals surface area contributed by atoms with E-state index in [9.17, 15) is 5.26 Å². The van der Waals surface area contributed by atoms with Crippen LogP contribution in [0.3, 0.4) is 0 Å². The zero-order chi connectivity index (χ0) is 25.5. The first-order valence-corrected chi connectivity index (χ1v) is 13.9. The van der Waals surface area contributed by atoms with Gasteiger partial charge in [-0.15, -0.1) is 0 Å². The quantitative estimate of drug-likeness (QED) is 0.303. The zero-order valence-electron chi connectivity index (χ0n) is 22.7. The predicted octanol–water partition coefficient (Wildman–Crippen LogP) is 7.38. The van der Waals surface area contributed by atoms with Crippen molar-refractivity contribution in [2.24, 2.45) is 0 Å². The molecule has 1 aliphatic heterocycles. The van der Waals surface area contributed by atoms with Gasteiger partial charge in [0.15, 0.2) is 0 Å². The van der Waals surface area contributed by atoms with Crippen molar-refractivity contribution in [1.82, 2.24) is 9.80 Å². The van der Waals surface area contributed by atoms with Crippen molar-refractivity contribution in [3.05, 3.63) is 83.9 Å². The van der Waals surface area contributed by atoms with Crippen molar-refractivity contribution in [3.8, 4) is 6.07 Å². The van der Waals surface area contributed by atoms with E-state index in [-0.39, 0.29) is 0 Å². The minimum absolute atomic E-state index is 0.464. The number of fused-ring (bicyclic) bond motifs is 1. The summed E-state index contributed by atoms with van der Waals surface area (Å²) in [4.78, 5) is 5.13. The Labute approximate surface area is 218 Å². The zero-order valence-corrected chi connectivity index (χ0v) is 22.7. The van der Waals surface area contributed by atoms with Gasteiger partial charge in [-0.1, -0.05) is 72.8 Å². The monoisotopic (exact) mass is 481 g/mol. The van der Waals surface area contributed by atoms with Crippen LogP contribution in [0.2, 0.25) is 0 Å². The van der Waals surface area contributed by atoms with Crippen molar-refractivity contribution in [2.75, 3.05) is 26.2 Å². The molecule has 3 aromatic rings. The number of piperidine rings is 1. The van der Waals surface area contributed by atoms with Gasteiger partial charge in [-0.3, -0.25) is 4.90 Å². The molecule has 0 aliphatic carbocycles. The average Bonchev–Trinajstić information content (AvgIpc) is 2.91. The van der Waals surface area contributed by atoms with E-state index in [1.165, 1.54) is 34.7 Å². The Bertz CT molecular complexity index is 1130. The van der Waals surface area contributed by atoms with E-state index in [1.807, 2.05) is 0 Å². The largest absolute Gasteiger partial charge is 0.303 e. The fraction of sp³-hybridized carbons (Fsp3) is 0.485. The van der Waals surface area contributed by atoms with E-state index in [0.29, 0.717) is 18.0 Å². The lowest BCUT2D eigenvalue weighted by atomic mass is 9.73. The summed E-state index contributed by atoms with van der Waals surface area (Å²) in [7, 11) is 0. The smallest absolute Gasteiger partial charge is 0.0852 e. The van der Waals surface area contributed by atoms with E-state index < -0.39 is 5.41 Å². The van der Waals surface area contributed by atoms with Crippen LogP contribution in [0.5, 0.6) is 0 Å². The third kappa shape index (κ3) is 6.00. The number of nitriles is 1. The molecule has 1 fully saturated rings. The summed E-state index contributed by atoms with van der Waals surface area (Å²) >= 11 is 0. The van der Waals surface area contributed by atoms with Crippen LogP contribution in [0, 0.1) is 11.3 Å². The first-order chi connectivity index (χ1) is 17.4. The number of hydrogen-bond donors (Lipinski definition) is 0. The Morgan fingerprint density at radius 1 is 0.861 bits per heavy atom. The second-order valence-corrected chi connectivity index (χ2v) is 11.2. The first kappa shape index (κ1) is 26.4. The molecule has 4 rings (SSSR count). The van der Waals surface area contributed by atoms with E-state index in [0.717, 1.165) is 39.0 Å². The van der Waals surface area contributed by atoms with Crippen molar-refractivity contribution in [3.63, 3.8) is 0 Å². The van der Waals surface area contributed by atoms with Gasteiger partial charge < -0.3 is 4.90 Å². The highest BCUT2D eigenvalue weighted by atomic mass is 15.2. The van der Waals surface area contributed by atoms with Crippen LogP contribution in [0.15, 0.2) is 72.8 Å². The van der Waals surface area contributed by atoms with Gasteiger partial charge in [0, 0.05) is 18.6 Å². The van der Waals surface area contributed by atoms with Crippen molar-refractivity contribution < 1.29 is 0 Å². The number of benzene rings is 3. The summed E-state index contributed by atoms with van der Waals surface area (Å²) in [6.07, 6.45) is 4.13. The lowest BCUT2D eigenvalue weighted by molar-refractivity contribution is 0.154. The molecule has 36 heavy (non-hydrogen) atoms. The Morgan fingerprint density at radius 3 is 2.17 bits per heavy atom. The molecule has 1 unspecified atom stereocenters. The van der Waals surface area contributed by atoms with Crippen LogP contribution in [-0.2, 0) is 5.41 Å². The second kappa shape index (κ2) is 12.0. The maximum absolute atomic E-state index is 10.8. The minimum atomic E-state index is -0.501. The number of hydrogen-bond acceptors (Lipinski definition) is 3. The highest BCUT2D eigenvalue weighted by Crippen LogP contribution is 2.38. The third-order valence-electron chi connectivity index (χ3n) is 8.36. The minimum Gasteiger partial charge on any atom is -0.303 e. The summed E-state index contributed by atoms with van der Waals surface area (Å²) in [5, 5.41) is 13.3. The third-order valence-corrected chi connectivity index (χ3v) is 8.36. The van der Waals surface area contributed by atoms with Crippen molar-refractivity contribution >= 4 is 10.8 Å². The Hall–Kier alpha value is -2.67. The summed E-state index contributed by atoms with van der Waals surface area (Å²) in [5.41, 5.74) is 2.18. The molecule has 1 aliphatic rings. The molecule has 0 saturated carbocycles. The molecule has 190 valence electrons. The molecule has 0 aromatic heterocycles. The van der Waals surface area contributed by atoms with Crippen LogP contribution in [-0.4, -0.2) is 48.1 Å². The van der Waals surface area contributed by atoms with E-state index in [1.54, 1.807) is 0 Å². The summed E-state index contributed by atoms with van der Waals surface area (Å²) in [5.74, 6) is 0.659. The van der Waals surface area contributed by atoms with E-state index >= 15 is 0 Å². The molecule has 0 spiro atoms. The molecule has 3 nitrogen and oxygen atoms in total. The van der Waals surface area contributed by atoms with E-state index in [4.69, 9.17) is 0 Å². The highest BCUT2D eigenvalue weighted by Gasteiger charge is 2.35. The second-order valence-electron chi connectivity index (χ2n) is 11.2. The normalized spacial score (nSPS) is 17.1. The average molecular weight is 482 g/mol. The summed E-state index contributed by atoms with van der Waals surface area (Å²) in [6.45, 7) is 13.2. The molecule has 0 radical (unpaired) electrons. The van der Waals surface area contributed by atoms with Crippen molar-refractivity contribution in [1.29, 1.82) is 5.26 Å². The predicted molar refractivity (Wildman–Crippen MR) is 152 cm³/mol. The number of likely N-dealkylation sites (tertiary alicyclic amines) is 1. The molecule has 3 heteroatoms. The van der Waals surface area contributed by atoms with Gasteiger partial charge in [-0.05, 0) is 101 Å². The van der Waals surface area contributed by atoms with Gasteiger partial charge in [0.05, 0.1) is 11.5 Å². The van der Waals surface area contributed by atoms with Crippen LogP contribution >= 0.6 is 0 Å². The number of rotatable bonds is 10. The first-order valence-electron chi connectivity index (χ1n) is 13.9. The Morgan fingerprint density at radius 2 is 1.50 bits per heavy atom. The Balaban J connectivity index is 1.55. The molecule has 0 bridgehead atoms. The topological polar surface area (TPSA) is 30.3 Å². The van der Waals surface area contributed by atoms with Crippen LogP contribution in [0.1, 0.15) is 70.4 Å². The summed E-state index contributed by atoms with van der Waals surface area (Å²) in [6, 6.07) is 29.9. The highest BCUT2D eigenvalue weighted by molar-refractivity contribution is 5.87. The molecule has 1 heterocycles. The molecular formula is C33H43N3. The maximum Gasteiger partial charge on any atom is 0.0852 e. The maximum atomic E-state index is 10.8. The SMILES string of the molecule is CC(C)N(CCC(C#N)(CCN1CCC(c2ccccc2)CC1)c1cccc2ccccc12)C(C)C. The van der Waals surface area contributed by atoms with Gasteiger partial charge in [-0.2, -0.15) is 5.26 Å². The van der Waals surface area contributed by atoms with Crippen molar-refractivity contribution in [2.45, 2.75) is 76.8 Å². The fourth-order valence-electron chi connectivity index (χ4n) is 6.21. The lowest BCUT2D eigenvalue weighted by Gasteiger charge is -2.38. The molecule has 0 amide bonds. The van der Waals surface area contributed by atoms with Crippen LogP contribution in [0.4, 0.5) is 0 Å². The fourth-order valence-corrected chi connectivity index (χ4v) is 6.21. The lowest BCUT2D eigenvalue weighted by Crippen LogP contribution is -2.42. The van der Waals surface area contributed by atoms with Crippen LogP contribution < -0.4 is 0 Å². The molecule has 1 saturated heterocycles. The number of nitrogens with zero attached hydrogens (tertiary/aromatic N) is 3. The van der Waals surface area contributed by atoms with Gasteiger partial charge in [0.25, 0.3) is 0 Å². The van der Waals surface area contributed by atoms with Gasteiger partial charge in [-0.25, -0.2) is 0 Å². The Kier molecular flexibility index (Phi) is 8.83. The standard InChI is InChI=1S/C33H43N3/c1-26(2)36(27(3)4)24-20-33(25-34,32-16-10-14-30-13-8-9-15-31(30)32)19-23-35-21-17-29(18-22-35)28-11-6-5-7-12-28/h5-16,26-27,29H,17-24H2,1-4H3. The molecule has 3 aromatic carbocycles. The van der Waals surface area contributed by atoms with E-state index in [2.05, 4.69) is 116 Å².